The van der Waals surface area contributed by atoms with Crippen molar-refractivity contribution in [3.63, 3.8) is 0 Å². The van der Waals surface area contributed by atoms with Crippen LogP contribution < -0.4 is 5.32 Å². The quantitative estimate of drug-likeness (QED) is 0.775. The molecule has 3 unspecified atom stereocenters. The zero-order valence-electron chi connectivity index (χ0n) is 13.8. The summed E-state index contributed by atoms with van der Waals surface area (Å²) in [5.74, 6) is 0. The molecule has 20 heavy (non-hydrogen) atoms. The first-order valence-electron chi connectivity index (χ1n) is 8.56. The van der Waals surface area contributed by atoms with Crippen molar-refractivity contribution in [1.29, 1.82) is 0 Å². The predicted octanol–water partition coefficient (Wildman–Crippen LogP) is 3.52. The molecular formula is C17H33NO2. The number of rotatable bonds is 7. The van der Waals surface area contributed by atoms with Crippen LogP contribution in [-0.2, 0) is 9.47 Å². The average Bonchev–Trinajstić information content (AvgIpc) is 2.41. The maximum Gasteiger partial charge on any atom is 0.0990 e. The van der Waals surface area contributed by atoms with Gasteiger partial charge in [0, 0.05) is 12.6 Å². The van der Waals surface area contributed by atoms with Gasteiger partial charge in [-0.2, -0.15) is 0 Å². The lowest BCUT2D eigenvalue weighted by molar-refractivity contribution is -0.174. The van der Waals surface area contributed by atoms with E-state index in [9.17, 15) is 0 Å². The van der Waals surface area contributed by atoms with Gasteiger partial charge in [0.15, 0.2) is 0 Å². The second kappa shape index (κ2) is 7.24. The molecular weight excluding hydrogens is 250 g/mol. The van der Waals surface area contributed by atoms with Crippen molar-refractivity contribution in [3.05, 3.63) is 0 Å². The molecule has 0 aromatic heterocycles. The molecule has 0 spiro atoms. The van der Waals surface area contributed by atoms with Crippen LogP contribution in [0, 0.1) is 5.41 Å². The van der Waals surface area contributed by atoms with Crippen molar-refractivity contribution in [2.75, 3.05) is 13.2 Å². The van der Waals surface area contributed by atoms with Gasteiger partial charge in [0.25, 0.3) is 0 Å². The predicted molar refractivity (Wildman–Crippen MR) is 83.0 cm³/mol. The molecule has 3 atom stereocenters. The van der Waals surface area contributed by atoms with Crippen molar-refractivity contribution in [1.82, 2.24) is 5.32 Å². The smallest absolute Gasteiger partial charge is 0.0990 e. The molecule has 2 saturated carbocycles. The van der Waals surface area contributed by atoms with Crippen LogP contribution >= 0.6 is 0 Å². The SMILES string of the molecule is CCCNC1CC(OC2CCC(C)(C)CC2)C1OCC. The van der Waals surface area contributed by atoms with Crippen LogP contribution in [0.25, 0.3) is 0 Å². The molecule has 2 aliphatic carbocycles. The summed E-state index contributed by atoms with van der Waals surface area (Å²) >= 11 is 0. The number of hydrogen-bond acceptors (Lipinski definition) is 3. The molecule has 2 fully saturated rings. The van der Waals surface area contributed by atoms with Gasteiger partial charge in [-0.3, -0.25) is 0 Å². The van der Waals surface area contributed by atoms with E-state index in [0.29, 0.717) is 23.7 Å². The van der Waals surface area contributed by atoms with E-state index in [1.807, 2.05) is 0 Å². The fourth-order valence-electron chi connectivity index (χ4n) is 3.42. The first-order chi connectivity index (χ1) is 9.55. The van der Waals surface area contributed by atoms with E-state index in [1.165, 1.54) is 32.1 Å². The van der Waals surface area contributed by atoms with Gasteiger partial charge < -0.3 is 14.8 Å². The lowest BCUT2D eigenvalue weighted by Gasteiger charge is -2.47. The molecule has 0 aromatic rings. The largest absolute Gasteiger partial charge is 0.374 e. The van der Waals surface area contributed by atoms with Crippen LogP contribution in [-0.4, -0.2) is 37.5 Å². The Hall–Kier alpha value is -0.120. The van der Waals surface area contributed by atoms with Gasteiger partial charge in [-0.1, -0.05) is 20.8 Å². The molecule has 0 heterocycles. The van der Waals surface area contributed by atoms with Crippen molar-refractivity contribution in [2.24, 2.45) is 5.41 Å². The van der Waals surface area contributed by atoms with Gasteiger partial charge in [0.1, 0.15) is 0 Å². The Morgan fingerprint density at radius 2 is 1.85 bits per heavy atom. The zero-order valence-corrected chi connectivity index (χ0v) is 13.8. The van der Waals surface area contributed by atoms with E-state index >= 15 is 0 Å². The van der Waals surface area contributed by atoms with Gasteiger partial charge in [0.2, 0.25) is 0 Å². The Morgan fingerprint density at radius 3 is 2.45 bits per heavy atom. The van der Waals surface area contributed by atoms with Crippen molar-refractivity contribution in [2.45, 2.75) is 90.6 Å². The van der Waals surface area contributed by atoms with Gasteiger partial charge >= 0.3 is 0 Å². The fraction of sp³-hybridized carbons (Fsp3) is 1.00. The first kappa shape index (κ1) is 16.3. The minimum Gasteiger partial charge on any atom is -0.374 e. The molecule has 0 bridgehead atoms. The molecule has 0 aromatic carbocycles. The van der Waals surface area contributed by atoms with Crippen LogP contribution in [0.3, 0.4) is 0 Å². The van der Waals surface area contributed by atoms with E-state index in [1.54, 1.807) is 0 Å². The van der Waals surface area contributed by atoms with Crippen LogP contribution in [0.1, 0.15) is 66.2 Å². The molecule has 3 nitrogen and oxygen atoms in total. The Morgan fingerprint density at radius 1 is 1.15 bits per heavy atom. The lowest BCUT2D eigenvalue weighted by atomic mass is 9.76. The van der Waals surface area contributed by atoms with Crippen LogP contribution in [0.15, 0.2) is 0 Å². The Kier molecular flexibility index (Phi) is 5.88. The molecule has 2 rings (SSSR count). The average molecular weight is 283 g/mol. The summed E-state index contributed by atoms with van der Waals surface area (Å²) in [4.78, 5) is 0. The van der Waals surface area contributed by atoms with E-state index in [-0.39, 0.29) is 6.10 Å². The summed E-state index contributed by atoms with van der Waals surface area (Å²) in [6.07, 6.45) is 8.36. The molecule has 0 radical (unpaired) electrons. The van der Waals surface area contributed by atoms with E-state index in [0.717, 1.165) is 19.6 Å². The van der Waals surface area contributed by atoms with E-state index in [2.05, 4.69) is 33.0 Å². The van der Waals surface area contributed by atoms with Crippen LogP contribution in [0.4, 0.5) is 0 Å². The maximum absolute atomic E-state index is 6.33. The van der Waals surface area contributed by atoms with E-state index < -0.39 is 0 Å². The Balaban J connectivity index is 1.75. The topological polar surface area (TPSA) is 30.5 Å². The Labute approximate surface area is 124 Å². The van der Waals surface area contributed by atoms with Gasteiger partial charge in [-0.15, -0.1) is 0 Å². The standard InChI is InChI=1S/C17H33NO2/c1-5-11-18-14-12-15(16(14)19-6-2)20-13-7-9-17(3,4)10-8-13/h13-16,18H,5-12H2,1-4H3. The number of hydrogen-bond donors (Lipinski definition) is 1. The molecule has 3 heteroatoms. The summed E-state index contributed by atoms with van der Waals surface area (Å²) in [6.45, 7) is 10.9. The first-order valence-corrected chi connectivity index (χ1v) is 8.56. The lowest BCUT2D eigenvalue weighted by Crippen LogP contribution is -2.61. The van der Waals surface area contributed by atoms with Crippen LogP contribution in [0.5, 0.6) is 0 Å². The summed E-state index contributed by atoms with van der Waals surface area (Å²) in [6, 6.07) is 0.500. The van der Waals surface area contributed by atoms with Crippen molar-refractivity contribution >= 4 is 0 Å². The highest BCUT2D eigenvalue weighted by molar-refractivity contribution is 4.98. The molecule has 0 aliphatic heterocycles. The zero-order chi connectivity index (χ0) is 14.6. The Bertz CT molecular complexity index is 283. The normalized spacial score (nSPS) is 33.9. The number of ether oxygens (including phenoxy) is 2. The van der Waals surface area contributed by atoms with Crippen molar-refractivity contribution < 1.29 is 9.47 Å². The fourth-order valence-corrected chi connectivity index (χ4v) is 3.42. The number of nitrogens with one attached hydrogen (secondary N) is 1. The van der Waals surface area contributed by atoms with Gasteiger partial charge in [-0.05, 0) is 57.4 Å². The summed E-state index contributed by atoms with van der Waals surface area (Å²) in [7, 11) is 0. The molecule has 2 aliphatic rings. The summed E-state index contributed by atoms with van der Waals surface area (Å²) in [5, 5.41) is 3.58. The third kappa shape index (κ3) is 4.19. The van der Waals surface area contributed by atoms with Crippen LogP contribution in [0.2, 0.25) is 0 Å². The summed E-state index contributed by atoms with van der Waals surface area (Å²) in [5.41, 5.74) is 0.518. The van der Waals surface area contributed by atoms with Crippen molar-refractivity contribution in [3.8, 4) is 0 Å². The third-order valence-electron chi connectivity index (χ3n) is 4.92. The second-order valence-corrected chi connectivity index (χ2v) is 7.25. The molecule has 0 saturated heterocycles. The molecule has 118 valence electrons. The second-order valence-electron chi connectivity index (χ2n) is 7.25. The minimum absolute atomic E-state index is 0.265. The van der Waals surface area contributed by atoms with Gasteiger partial charge in [0.05, 0.1) is 18.3 Å². The molecule has 0 amide bonds. The minimum atomic E-state index is 0.265. The van der Waals surface area contributed by atoms with E-state index in [4.69, 9.17) is 9.47 Å². The summed E-state index contributed by atoms with van der Waals surface area (Å²) < 4.78 is 12.2. The monoisotopic (exact) mass is 283 g/mol. The highest BCUT2D eigenvalue weighted by Gasteiger charge is 2.44. The third-order valence-corrected chi connectivity index (χ3v) is 4.92. The highest BCUT2D eigenvalue weighted by Crippen LogP contribution is 2.38. The highest BCUT2D eigenvalue weighted by atomic mass is 16.6. The molecule has 1 N–H and O–H groups in total. The maximum atomic E-state index is 6.33. The van der Waals surface area contributed by atoms with Gasteiger partial charge in [-0.25, -0.2) is 0 Å².